The van der Waals surface area contributed by atoms with Gasteiger partial charge in [-0.3, -0.25) is 24.1 Å². The molecule has 3 amide bonds. The highest BCUT2D eigenvalue weighted by molar-refractivity contribution is 6.21. The molecule has 1 aliphatic carbocycles. The Morgan fingerprint density at radius 3 is 2.14 bits per heavy atom. The predicted octanol–water partition coefficient (Wildman–Crippen LogP) is 2.69. The van der Waals surface area contributed by atoms with Crippen LogP contribution in [0.4, 0.5) is 0 Å². The van der Waals surface area contributed by atoms with Crippen molar-refractivity contribution >= 4 is 23.7 Å². The summed E-state index contributed by atoms with van der Waals surface area (Å²) in [6.45, 7) is 5.61. The van der Waals surface area contributed by atoms with Gasteiger partial charge in [0.25, 0.3) is 11.8 Å². The molecule has 1 N–H and O–H groups in total. The third-order valence-electron chi connectivity index (χ3n) is 5.43. The Hall–Kier alpha value is -2.70. The van der Waals surface area contributed by atoms with Crippen molar-refractivity contribution < 1.29 is 23.9 Å². The summed E-state index contributed by atoms with van der Waals surface area (Å²) in [6.07, 6.45) is 3.05. The van der Waals surface area contributed by atoms with E-state index in [1.807, 2.05) is 20.8 Å². The van der Waals surface area contributed by atoms with E-state index in [2.05, 4.69) is 5.32 Å². The van der Waals surface area contributed by atoms with E-state index >= 15 is 0 Å². The Bertz CT molecular complexity index is 799. The van der Waals surface area contributed by atoms with Gasteiger partial charge in [-0.25, -0.2) is 0 Å². The highest BCUT2D eigenvalue weighted by Crippen LogP contribution is 2.42. The molecule has 0 spiro atoms. The molecule has 2 aliphatic rings. The number of hydrogen-bond donors (Lipinski definition) is 1. The first-order chi connectivity index (χ1) is 13.6. The molecular weight excluding hydrogens is 372 g/mol. The summed E-state index contributed by atoms with van der Waals surface area (Å²) in [5.41, 5.74) is -0.450. The van der Waals surface area contributed by atoms with Crippen LogP contribution in [-0.4, -0.2) is 47.3 Å². The van der Waals surface area contributed by atoms with E-state index in [1.165, 1.54) is 0 Å². The largest absolute Gasteiger partial charge is 0.463 e. The average Bonchev–Trinajstić information content (AvgIpc) is 3.20. The zero-order valence-corrected chi connectivity index (χ0v) is 17.2. The molecule has 0 saturated heterocycles. The van der Waals surface area contributed by atoms with Gasteiger partial charge >= 0.3 is 5.97 Å². The second kappa shape index (κ2) is 7.97. The van der Waals surface area contributed by atoms with Crippen LogP contribution in [0.25, 0.3) is 0 Å². The first-order valence-corrected chi connectivity index (χ1v) is 10.1. The van der Waals surface area contributed by atoms with Gasteiger partial charge in [0, 0.05) is 12.0 Å². The number of amides is 3. The molecule has 1 aliphatic heterocycles. The van der Waals surface area contributed by atoms with Crippen LogP contribution in [0.2, 0.25) is 0 Å². The summed E-state index contributed by atoms with van der Waals surface area (Å²) in [4.78, 5) is 51.1. The number of ether oxygens (including phenoxy) is 1. The van der Waals surface area contributed by atoms with Gasteiger partial charge in [0.05, 0.1) is 23.1 Å². The van der Waals surface area contributed by atoms with Crippen LogP contribution >= 0.6 is 0 Å². The molecule has 1 aromatic rings. The van der Waals surface area contributed by atoms with Crippen LogP contribution in [0.5, 0.6) is 0 Å². The normalized spacial score (nSPS) is 18.0. The van der Waals surface area contributed by atoms with Crippen LogP contribution in [0, 0.1) is 5.41 Å². The highest BCUT2D eigenvalue weighted by atomic mass is 16.5. The summed E-state index contributed by atoms with van der Waals surface area (Å²) >= 11 is 0. The van der Waals surface area contributed by atoms with Crippen molar-refractivity contribution in [2.75, 3.05) is 13.2 Å². The molecule has 1 heterocycles. The topological polar surface area (TPSA) is 92.8 Å². The smallest absolute Gasteiger partial charge is 0.312 e. The quantitative estimate of drug-likeness (QED) is 0.585. The molecule has 0 radical (unpaired) electrons. The maximum atomic E-state index is 12.8. The van der Waals surface area contributed by atoms with E-state index in [1.54, 1.807) is 24.3 Å². The van der Waals surface area contributed by atoms with E-state index in [4.69, 9.17) is 4.74 Å². The lowest BCUT2D eigenvalue weighted by Gasteiger charge is -2.28. The van der Waals surface area contributed by atoms with Crippen molar-refractivity contribution in [3.8, 4) is 0 Å². The fourth-order valence-corrected chi connectivity index (χ4v) is 4.10. The Kier molecular flexibility index (Phi) is 5.78. The molecule has 1 fully saturated rings. The molecule has 156 valence electrons. The van der Waals surface area contributed by atoms with E-state index < -0.39 is 11.4 Å². The second-order valence-corrected chi connectivity index (χ2v) is 8.91. The molecule has 0 bridgehead atoms. The summed E-state index contributed by atoms with van der Waals surface area (Å²) in [7, 11) is 0. The summed E-state index contributed by atoms with van der Waals surface area (Å²) in [6, 6.07) is 6.64. The van der Waals surface area contributed by atoms with E-state index in [9.17, 15) is 19.2 Å². The lowest BCUT2D eigenvalue weighted by atomic mass is 9.82. The average molecular weight is 400 g/mol. The number of fused-ring (bicyclic) bond motifs is 1. The second-order valence-electron chi connectivity index (χ2n) is 8.91. The number of carbonyl (C=O) groups excluding carboxylic acids is 4. The molecule has 0 aromatic heterocycles. The van der Waals surface area contributed by atoms with Crippen LogP contribution in [0.3, 0.4) is 0 Å². The highest BCUT2D eigenvalue weighted by Gasteiger charge is 2.45. The van der Waals surface area contributed by atoms with Crippen LogP contribution in [-0.2, 0) is 14.3 Å². The Balaban J connectivity index is 1.58. The van der Waals surface area contributed by atoms with Gasteiger partial charge in [-0.1, -0.05) is 25.0 Å². The van der Waals surface area contributed by atoms with Gasteiger partial charge < -0.3 is 10.1 Å². The number of hydrogen-bond acceptors (Lipinski definition) is 5. The molecule has 3 rings (SSSR count). The number of esters is 1. The maximum absolute atomic E-state index is 12.8. The third kappa shape index (κ3) is 4.49. The van der Waals surface area contributed by atoms with Gasteiger partial charge in [-0.2, -0.15) is 0 Å². The first-order valence-electron chi connectivity index (χ1n) is 10.1. The fourth-order valence-electron chi connectivity index (χ4n) is 4.10. The van der Waals surface area contributed by atoms with E-state index in [-0.39, 0.29) is 42.8 Å². The first kappa shape index (κ1) is 21.0. The monoisotopic (exact) mass is 400 g/mol. The molecular formula is C22H28N2O5. The fraction of sp³-hybridized carbons (Fsp3) is 0.545. The lowest BCUT2D eigenvalue weighted by Crippen LogP contribution is -2.44. The number of rotatable bonds is 6. The summed E-state index contributed by atoms with van der Waals surface area (Å²) < 4.78 is 5.45. The van der Waals surface area contributed by atoms with Gasteiger partial charge in [0.15, 0.2) is 0 Å². The molecule has 0 unspecified atom stereocenters. The molecule has 1 saturated carbocycles. The minimum Gasteiger partial charge on any atom is -0.463 e. The number of nitrogens with zero attached hydrogens (tertiary/aromatic N) is 1. The van der Waals surface area contributed by atoms with Crippen molar-refractivity contribution in [2.24, 2.45) is 5.41 Å². The zero-order valence-electron chi connectivity index (χ0n) is 17.2. The Morgan fingerprint density at radius 1 is 1.07 bits per heavy atom. The standard InChI is InChI=1S/C22H28N2O5/c1-21(2,3)23-17(25)14-22(10-6-7-11-22)20(28)29-13-12-24-18(26)15-8-4-5-9-16(15)19(24)27/h4-5,8-9H,6-7,10-14H2,1-3H3,(H,23,25). The third-order valence-corrected chi connectivity index (χ3v) is 5.43. The Morgan fingerprint density at radius 2 is 1.62 bits per heavy atom. The van der Waals surface area contributed by atoms with Crippen molar-refractivity contribution in [2.45, 2.75) is 58.4 Å². The van der Waals surface area contributed by atoms with Crippen molar-refractivity contribution in [3.63, 3.8) is 0 Å². The maximum Gasteiger partial charge on any atom is 0.312 e. The molecule has 7 nitrogen and oxygen atoms in total. The number of carbonyl (C=O) groups is 4. The molecule has 7 heteroatoms. The minimum absolute atomic E-state index is 0.00234. The van der Waals surface area contributed by atoms with Crippen LogP contribution in [0.15, 0.2) is 24.3 Å². The zero-order chi connectivity index (χ0) is 21.2. The summed E-state index contributed by atoms with van der Waals surface area (Å²) in [5, 5.41) is 2.90. The number of nitrogens with one attached hydrogen (secondary N) is 1. The lowest BCUT2D eigenvalue weighted by molar-refractivity contribution is -0.158. The van der Waals surface area contributed by atoms with E-state index in [0.717, 1.165) is 17.7 Å². The van der Waals surface area contributed by atoms with Crippen LogP contribution in [0.1, 0.15) is 73.6 Å². The Labute approximate surface area is 170 Å². The number of imide groups is 1. The summed E-state index contributed by atoms with van der Waals surface area (Å²) in [5.74, 6) is -1.34. The van der Waals surface area contributed by atoms with Crippen LogP contribution < -0.4 is 5.32 Å². The number of benzene rings is 1. The molecule has 1 aromatic carbocycles. The van der Waals surface area contributed by atoms with Crippen molar-refractivity contribution in [3.05, 3.63) is 35.4 Å². The van der Waals surface area contributed by atoms with Gasteiger partial charge in [0.2, 0.25) is 5.91 Å². The predicted molar refractivity (Wildman–Crippen MR) is 106 cm³/mol. The SMILES string of the molecule is CC(C)(C)NC(=O)CC1(C(=O)OCCN2C(=O)c3ccccc3C2=O)CCCC1. The van der Waals surface area contributed by atoms with Gasteiger partial charge in [-0.15, -0.1) is 0 Å². The van der Waals surface area contributed by atoms with Gasteiger partial charge in [0.1, 0.15) is 6.61 Å². The molecule has 0 atom stereocenters. The van der Waals surface area contributed by atoms with Crippen molar-refractivity contribution in [1.29, 1.82) is 0 Å². The molecule has 29 heavy (non-hydrogen) atoms. The minimum atomic E-state index is -0.822. The van der Waals surface area contributed by atoms with Crippen molar-refractivity contribution in [1.82, 2.24) is 10.2 Å². The van der Waals surface area contributed by atoms with Gasteiger partial charge in [-0.05, 0) is 45.7 Å². The van der Waals surface area contributed by atoms with E-state index in [0.29, 0.717) is 24.0 Å².